The molecule has 0 aliphatic rings. The lowest BCUT2D eigenvalue weighted by Gasteiger charge is -2.27. The molecule has 0 aromatic heterocycles. The number of carbonyl (C=O) groups is 1. The van der Waals surface area contributed by atoms with E-state index in [-0.39, 0.29) is 5.97 Å². The first-order chi connectivity index (χ1) is 10.3. The third-order valence-corrected chi connectivity index (χ3v) is 3.63. The minimum absolute atomic E-state index is 0.314. The molecule has 1 aromatic carbocycles. The summed E-state index contributed by atoms with van der Waals surface area (Å²) in [6.07, 6.45) is 4.88. The van der Waals surface area contributed by atoms with Gasteiger partial charge in [0.1, 0.15) is 5.60 Å². The summed E-state index contributed by atoms with van der Waals surface area (Å²) in [5.74, 6) is -0.314. The van der Waals surface area contributed by atoms with Gasteiger partial charge >= 0.3 is 5.97 Å². The molecule has 4 nitrogen and oxygen atoms in total. The van der Waals surface area contributed by atoms with Crippen LogP contribution in [0.4, 0.5) is 5.69 Å². The highest BCUT2D eigenvalue weighted by Crippen LogP contribution is 2.14. The number of unbranched alkanes of at least 4 members (excludes halogenated alkanes) is 2. The molecule has 22 heavy (non-hydrogen) atoms. The largest absolute Gasteiger partial charge is 0.455 e. The predicted molar refractivity (Wildman–Crippen MR) is 92.0 cm³/mol. The second-order valence-electron chi connectivity index (χ2n) is 6.55. The standard InChI is InChI=1S/C18H30N2O2/c1-5-6-7-8-14(2)20-13-18(3,4)22-17(21)15-9-11-16(19)12-10-15/h9-12,14,20H,5-8,13,19H2,1-4H3. The minimum atomic E-state index is -0.544. The molecule has 0 fully saturated rings. The highest BCUT2D eigenvalue weighted by atomic mass is 16.6. The summed E-state index contributed by atoms with van der Waals surface area (Å²) in [4.78, 5) is 12.1. The Labute approximate surface area is 134 Å². The van der Waals surface area contributed by atoms with E-state index in [9.17, 15) is 4.79 Å². The first kappa shape index (κ1) is 18.5. The lowest BCUT2D eigenvalue weighted by Crippen LogP contribution is -2.42. The average molecular weight is 306 g/mol. The van der Waals surface area contributed by atoms with E-state index in [4.69, 9.17) is 10.5 Å². The summed E-state index contributed by atoms with van der Waals surface area (Å²) in [6, 6.07) is 7.22. The molecule has 4 heteroatoms. The van der Waals surface area contributed by atoms with E-state index >= 15 is 0 Å². The maximum atomic E-state index is 12.1. The summed E-state index contributed by atoms with van der Waals surface area (Å²) >= 11 is 0. The zero-order valence-electron chi connectivity index (χ0n) is 14.3. The van der Waals surface area contributed by atoms with Crippen LogP contribution in [0.1, 0.15) is 63.7 Å². The molecule has 0 spiro atoms. The number of carbonyl (C=O) groups excluding carboxylic acids is 1. The van der Waals surface area contributed by atoms with E-state index in [1.54, 1.807) is 24.3 Å². The molecular formula is C18H30N2O2. The molecule has 1 unspecified atom stereocenters. The van der Waals surface area contributed by atoms with Gasteiger partial charge in [-0.1, -0.05) is 26.2 Å². The van der Waals surface area contributed by atoms with Gasteiger partial charge in [0.05, 0.1) is 5.56 Å². The molecule has 1 rings (SSSR count). The summed E-state index contributed by atoms with van der Waals surface area (Å²) in [6.45, 7) is 8.87. The van der Waals surface area contributed by atoms with Crippen molar-refractivity contribution in [2.45, 2.75) is 65.0 Å². The third-order valence-electron chi connectivity index (χ3n) is 3.63. The van der Waals surface area contributed by atoms with Gasteiger partial charge in [0.2, 0.25) is 0 Å². The lowest BCUT2D eigenvalue weighted by atomic mass is 10.1. The van der Waals surface area contributed by atoms with Gasteiger partial charge in [-0.3, -0.25) is 0 Å². The second-order valence-corrected chi connectivity index (χ2v) is 6.55. The second kappa shape index (κ2) is 8.79. The van der Waals surface area contributed by atoms with Gasteiger partial charge in [0.25, 0.3) is 0 Å². The van der Waals surface area contributed by atoms with Gasteiger partial charge in [-0.25, -0.2) is 4.79 Å². The molecule has 0 saturated heterocycles. The van der Waals surface area contributed by atoms with Crippen molar-refractivity contribution < 1.29 is 9.53 Å². The van der Waals surface area contributed by atoms with Crippen molar-refractivity contribution in [2.75, 3.05) is 12.3 Å². The Morgan fingerprint density at radius 2 is 1.91 bits per heavy atom. The minimum Gasteiger partial charge on any atom is -0.455 e. The molecule has 0 amide bonds. The van der Waals surface area contributed by atoms with E-state index in [0.29, 0.717) is 23.8 Å². The number of ether oxygens (including phenoxy) is 1. The van der Waals surface area contributed by atoms with Crippen LogP contribution in [-0.4, -0.2) is 24.2 Å². The first-order valence-electron chi connectivity index (χ1n) is 8.16. The normalized spacial score (nSPS) is 12.9. The average Bonchev–Trinajstić information content (AvgIpc) is 2.46. The van der Waals surface area contributed by atoms with Crippen LogP contribution in [0.15, 0.2) is 24.3 Å². The Morgan fingerprint density at radius 1 is 1.27 bits per heavy atom. The topological polar surface area (TPSA) is 64.3 Å². The van der Waals surface area contributed by atoms with Gasteiger partial charge in [0, 0.05) is 18.3 Å². The number of nitrogens with two attached hydrogens (primary N) is 1. The lowest BCUT2D eigenvalue weighted by molar-refractivity contribution is -0.00142. The Balaban J connectivity index is 2.42. The monoisotopic (exact) mass is 306 g/mol. The van der Waals surface area contributed by atoms with Crippen molar-refractivity contribution in [3.63, 3.8) is 0 Å². The number of anilines is 1. The van der Waals surface area contributed by atoms with Crippen LogP contribution in [0.2, 0.25) is 0 Å². The number of nitrogen functional groups attached to an aromatic ring is 1. The van der Waals surface area contributed by atoms with Gasteiger partial charge in [-0.05, 0) is 51.5 Å². The van der Waals surface area contributed by atoms with Crippen LogP contribution in [0.3, 0.4) is 0 Å². The van der Waals surface area contributed by atoms with Gasteiger partial charge in [0.15, 0.2) is 0 Å². The Bertz CT molecular complexity index is 455. The quantitative estimate of drug-likeness (QED) is 0.414. The highest BCUT2D eigenvalue weighted by Gasteiger charge is 2.24. The SMILES string of the molecule is CCCCCC(C)NCC(C)(C)OC(=O)c1ccc(N)cc1. The number of benzene rings is 1. The summed E-state index contributed by atoms with van der Waals surface area (Å²) in [5, 5.41) is 3.45. The fourth-order valence-electron chi connectivity index (χ4n) is 2.19. The first-order valence-corrected chi connectivity index (χ1v) is 8.16. The molecule has 0 heterocycles. The van der Waals surface area contributed by atoms with Crippen LogP contribution in [0, 0.1) is 0 Å². The van der Waals surface area contributed by atoms with E-state index in [2.05, 4.69) is 19.2 Å². The van der Waals surface area contributed by atoms with Crippen LogP contribution in [0.5, 0.6) is 0 Å². The van der Waals surface area contributed by atoms with Crippen molar-refractivity contribution in [1.29, 1.82) is 0 Å². The molecule has 1 atom stereocenters. The molecule has 3 N–H and O–H groups in total. The van der Waals surface area contributed by atoms with Crippen LogP contribution in [-0.2, 0) is 4.74 Å². The Morgan fingerprint density at radius 3 is 2.50 bits per heavy atom. The smallest absolute Gasteiger partial charge is 0.338 e. The Kier molecular flexibility index (Phi) is 7.39. The van der Waals surface area contributed by atoms with Crippen molar-refractivity contribution in [3.8, 4) is 0 Å². The molecule has 124 valence electrons. The van der Waals surface area contributed by atoms with Gasteiger partial charge in [-0.2, -0.15) is 0 Å². The van der Waals surface area contributed by atoms with Crippen molar-refractivity contribution in [1.82, 2.24) is 5.32 Å². The third kappa shape index (κ3) is 6.94. The van der Waals surface area contributed by atoms with Gasteiger partial charge < -0.3 is 15.8 Å². The molecule has 0 saturated carbocycles. The maximum absolute atomic E-state index is 12.1. The van der Waals surface area contributed by atoms with Crippen LogP contribution in [0.25, 0.3) is 0 Å². The van der Waals surface area contributed by atoms with E-state index < -0.39 is 5.60 Å². The van der Waals surface area contributed by atoms with Crippen LogP contribution < -0.4 is 11.1 Å². The molecular weight excluding hydrogens is 276 g/mol. The molecule has 1 aromatic rings. The van der Waals surface area contributed by atoms with Crippen molar-refractivity contribution in [3.05, 3.63) is 29.8 Å². The van der Waals surface area contributed by atoms with E-state index in [1.807, 2.05) is 13.8 Å². The molecule has 0 aliphatic carbocycles. The highest BCUT2D eigenvalue weighted by molar-refractivity contribution is 5.90. The zero-order valence-corrected chi connectivity index (χ0v) is 14.3. The number of hydrogen-bond donors (Lipinski definition) is 2. The van der Waals surface area contributed by atoms with Gasteiger partial charge in [-0.15, -0.1) is 0 Å². The van der Waals surface area contributed by atoms with Crippen molar-refractivity contribution in [2.24, 2.45) is 0 Å². The number of nitrogens with one attached hydrogen (secondary N) is 1. The molecule has 0 radical (unpaired) electrons. The fraction of sp³-hybridized carbons (Fsp3) is 0.611. The predicted octanol–water partition coefficient (Wildman–Crippen LogP) is 3.76. The molecule has 0 bridgehead atoms. The van der Waals surface area contributed by atoms with E-state index in [1.165, 1.54) is 19.3 Å². The number of hydrogen-bond acceptors (Lipinski definition) is 4. The summed E-state index contributed by atoms with van der Waals surface area (Å²) in [5.41, 5.74) is 6.24. The number of rotatable bonds is 9. The number of esters is 1. The maximum Gasteiger partial charge on any atom is 0.338 e. The Hall–Kier alpha value is -1.55. The zero-order chi connectivity index (χ0) is 16.6. The molecule has 0 aliphatic heterocycles. The summed E-state index contributed by atoms with van der Waals surface area (Å²) < 4.78 is 5.60. The fourth-order valence-corrected chi connectivity index (χ4v) is 2.19. The van der Waals surface area contributed by atoms with Crippen molar-refractivity contribution >= 4 is 11.7 Å². The van der Waals surface area contributed by atoms with E-state index in [0.717, 1.165) is 6.42 Å². The summed E-state index contributed by atoms with van der Waals surface area (Å²) in [7, 11) is 0. The van der Waals surface area contributed by atoms with Crippen LogP contribution >= 0.6 is 0 Å².